The highest BCUT2D eigenvalue weighted by Crippen LogP contribution is 2.39. The molecule has 1 aliphatic heterocycles. The third-order valence-corrected chi connectivity index (χ3v) is 5.95. The minimum Gasteiger partial charge on any atom is -0.360 e. The van der Waals surface area contributed by atoms with Crippen molar-refractivity contribution in [2.24, 2.45) is 0 Å². The van der Waals surface area contributed by atoms with Crippen LogP contribution in [0.2, 0.25) is 5.02 Å². The van der Waals surface area contributed by atoms with Gasteiger partial charge in [-0.1, -0.05) is 28.9 Å². The summed E-state index contributed by atoms with van der Waals surface area (Å²) in [5.41, 5.74) is 0.536. The Bertz CT molecular complexity index is 934. The van der Waals surface area contributed by atoms with Crippen molar-refractivity contribution in [3.63, 3.8) is 0 Å². The number of aromatic nitrogens is 1. The lowest BCUT2D eigenvalue weighted by Gasteiger charge is -2.24. The summed E-state index contributed by atoms with van der Waals surface area (Å²) in [6, 6.07) is 8.43. The summed E-state index contributed by atoms with van der Waals surface area (Å²) in [5.74, 6) is -0.369. The van der Waals surface area contributed by atoms with Crippen molar-refractivity contribution < 1.29 is 13.7 Å². The minimum absolute atomic E-state index is 0.0285. The zero-order valence-corrected chi connectivity index (χ0v) is 15.6. The Labute approximate surface area is 159 Å². The van der Waals surface area contributed by atoms with Gasteiger partial charge in [0.05, 0.1) is 16.6 Å². The average molecular weight is 391 g/mol. The number of hydrogen-bond donors (Lipinski definition) is 0. The van der Waals surface area contributed by atoms with Crippen LogP contribution < -0.4 is 0 Å². The molecule has 1 aliphatic rings. The number of carbonyl (C=O) groups is 1. The van der Waals surface area contributed by atoms with E-state index in [0.29, 0.717) is 12.3 Å². The van der Waals surface area contributed by atoms with Gasteiger partial charge in [-0.05, 0) is 43.3 Å². The number of thiophene rings is 1. The Balaban J connectivity index is 1.77. The number of likely N-dealkylation sites (tertiary alicyclic amines) is 1. The topological polar surface area (TPSA) is 46.3 Å². The average Bonchev–Trinajstić information content (AvgIpc) is 3.34. The third kappa shape index (κ3) is 2.83. The van der Waals surface area contributed by atoms with Gasteiger partial charge in [0.2, 0.25) is 0 Å². The van der Waals surface area contributed by atoms with Crippen molar-refractivity contribution >= 4 is 28.8 Å². The zero-order valence-electron chi connectivity index (χ0n) is 14.0. The highest BCUT2D eigenvalue weighted by atomic mass is 35.5. The summed E-state index contributed by atoms with van der Waals surface area (Å²) >= 11 is 7.81. The first-order chi connectivity index (χ1) is 12.6. The van der Waals surface area contributed by atoms with Crippen molar-refractivity contribution in [2.75, 3.05) is 6.54 Å². The van der Waals surface area contributed by atoms with Crippen LogP contribution >= 0.6 is 22.9 Å². The first-order valence-corrected chi connectivity index (χ1v) is 9.58. The first kappa shape index (κ1) is 17.2. The van der Waals surface area contributed by atoms with Crippen LogP contribution in [0.3, 0.4) is 0 Å². The van der Waals surface area contributed by atoms with E-state index in [9.17, 15) is 9.18 Å². The van der Waals surface area contributed by atoms with Crippen molar-refractivity contribution in [3.05, 3.63) is 62.8 Å². The number of rotatable bonds is 3. The van der Waals surface area contributed by atoms with Crippen molar-refractivity contribution in [3.8, 4) is 11.3 Å². The summed E-state index contributed by atoms with van der Waals surface area (Å²) in [6.45, 7) is 2.31. The second-order valence-electron chi connectivity index (χ2n) is 6.23. The SMILES string of the molecule is Cc1onc(-c2c(F)cccc2Cl)c1C(=O)N1CCCC1c1cccs1. The number of carbonyl (C=O) groups excluding carboxylic acids is 1. The predicted molar refractivity (Wildman–Crippen MR) is 99.0 cm³/mol. The Hall–Kier alpha value is -2.18. The summed E-state index contributed by atoms with van der Waals surface area (Å²) in [5, 5.41) is 6.15. The van der Waals surface area contributed by atoms with Crippen LogP contribution in [-0.2, 0) is 0 Å². The third-order valence-electron chi connectivity index (χ3n) is 4.66. The molecule has 0 N–H and O–H groups in total. The Morgan fingerprint density at radius 3 is 2.96 bits per heavy atom. The summed E-state index contributed by atoms with van der Waals surface area (Å²) in [6.07, 6.45) is 1.83. The molecular weight excluding hydrogens is 375 g/mol. The van der Waals surface area contributed by atoms with Crippen molar-refractivity contribution in [1.82, 2.24) is 10.1 Å². The van der Waals surface area contributed by atoms with Crippen LogP contribution in [0.15, 0.2) is 40.2 Å². The monoisotopic (exact) mass is 390 g/mol. The lowest BCUT2D eigenvalue weighted by atomic mass is 10.0. The smallest absolute Gasteiger partial charge is 0.260 e. The minimum atomic E-state index is -0.531. The number of aryl methyl sites for hydroxylation is 1. The number of nitrogens with zero attached hydrogens (tertiary/aromatic N) is 2. The number of halogens is 2. The van der Waals surface area contributed by atoms with Gasteiger partial charge in [0.25, 0.3) is 5.91 Å². The van der Waals surface area contributed by atoms with Crippen molar-refractivity contribution in [2.45, 2.75) is 25.8 Å². The van der Waals surface area contributed by atoms with Gasteiger partial charge < -0.3 is 9.42 Å². The van der Waals surface area contributed by atoms with E-state index in [-0.39, 0.29) is 33.8 Å². The molecule has 3 aromatic rings. The second-order valence-corrected chi connectivity index (χ2v) is 7.62. The molecule has 134 valence electrons. The maximum atomic E-state index is 14.4. The van der Waals surface area contributed by atoms with Gasteiger partial charge in [0.15, 0.2) is 0 Å². The Kier molecular flexibility index (Phi) is 4.54. The Morgan fingerprint density at radius 2 is 2.23 bits per heavy atom. The summed E-state index contributed by atoms with van der Waals surface area (Å²) in [7, 11) is 0. The number of amides is 1. The van der Waals surface area contributed by atoms with E-state index >= 15 is 0 Å². The molecule has 0 bridgehead atoms. The quantitative estimate of drug-likeness (QED) is 0.594. The molecule has 1 aromatic carbocycles. The van der Waals surface area contributed by atoms with Crippen LogP contribution in [-0.4, -0.2) is 22.5 Å². The molecule has 2 aromatic heterocycles. The molecule has 0 radical (unpaired) electrons. The van der Waals surface area contributed by atoms with Gasteiger partial charge in [-0.2, -0.15) is 0 Å². The lowest BCUT2D eigenvalue weighted by molar-refractivity contribution is 0.0737. The van der Waals surface area contributed by atoms with Gasteiger partial charge in [-0.15, -0.1) is 11.3 Å². The normalized spacial score (nSPS) is 17.0. The van der Waals surface area contributed by atoms with E-state index < -0.39 is 5.82 Å². The largest absolute Gasteiger partial charge is 0.360 e. The number of benzene rings is 1. The molecule has 0 spiro atoms. The molecule has 7 heteroatoms. The molecule has 1 amide bonds. The van der Waals surface area contributed by atoms with Crippen LogP contribution in [0.5, 0.6) is 0 Å². The maximum absolute atomic E-state index is 14.4. The molecular formula is C19H16ClFN2O2S. The maximum Gasteiger partial charge on any atom is 0.260 e. The molecule has 0 aliphatic carbocycles. The summed E-state index contributed by atoms with van der Waals surface area (Å²) < 4.78 is 19.6. The molecule has 4 rings (SSSR count). The fourth-order valence-electron chi connectivity index (χ4n) is 3.45. The zero-order chi connectivity index (χ0) is 18.3. The van der Waals surface area contributed by atoms with E-state index in [0.717, 1.165) is 17.7 Å². The predicted octanol–water partition coefficient (Wildman–Crippen LogP) is 5.48. The van der Waals surface area contributed by atoms with Crippen LogP contribution in [0, 0.1) is 12.7 Å². The van der Waals surface area contributed by atoms with Crippen LogP contribution in [0.1, 0.15) is 39.9 Å². The number of hydrogen-bond acceptors (Lipinski definition) is 4. The standard InChI is InChI=1S/C19H16ClFN2O2S/c1-11-16(18(22-25-11)17-12(20)5-2-6-13(17)21)19(24)23-9-3-7-14(23)15-8-4-10-26-15/h2,4-6,8,10,14H,3,7,9H2,1H3. The fraction of sp³-hybridized carbons (Fsp3) is 0.263. The summed E-state index contributed by atoms with van der Waals surface area (Å²) in [4.78, 5) is 16.3. The van der Waals surface area contributed by atoms with E-state index in [1.54, 1.807) is 24.3 Å². The highest BCUT2D eigenvalue weighted by Gasteiger charge is 2.35. The van der Waals surface area contributed by atoms with Gasteiger partial charge >= 0.3 is 0 Å². The molecule has 1 fully saturated rings. The van der Waals surface area contributed by atoms with E-state index in [1.807, 2.05) is 22.4 Å². The highest BCUT2D eigenvalue weighted by molar-refractivity contribution is 7.10. The van der Waals surface area contributed by atoms with E-state index in [1.165, 1.54) is 12.1 Å². The van der Waals surface area contributed by atoms with Gasteiger partial charge in [0.1, 0.15) is 22.8 Å². The van der Waals surface area contributed by atoms with E-state index in [4.69, 9.17) is 16.1 Å². The molecule has 3 heterocycles. The lowest BCUT2D eigenvalue weighted by Crippen LogP contribution is -2.30. The van der Waals surface area contributed by atoms with E-state index in [2.05, 4.69) is 5.16 Å². The first-order valence-electron chi connectivity index (χ1n) is 8.33. The Morgan fingerprint density at radius 1 is 1.38 bits per heavy atom. The van der Waals surface area contributed by atoms with Crippen LogP contribution in [0.4, 0.5) is 4.39 Å². The molecule has 0 saturated carbocycles. The fourth-order valence-corrected chi connectivity index (χ4v) is 4.57. The molecule has 1 saturated heterocycles. The van der Waals surface area contributed by atoms with Gasteiger partial charge in [0, 0.05) is 11.4 Å². The van der Waals surface area contributed by atoms with Crippen molar-refractivity contribution in [1.29, 1.82) is 0 Å². The van der Waals surface area contributed by atoms with Crippen LogP contribution in [0.25, 0.3) is 11.3 Å². The molecule has 26 heavy (non-hydrogen) atoms. The molecule has 1 atom stereocenters. The van der Waals surface area contributed by atoms with Gasteiger partial charge in [-0.25, -0.2) is 4.39 Å². The molecule has 1 unspecified atom stereocenters. The molecule has 4 nitrogen and oxygen atoms in total. The van der Waals surface area contributed by atoms with Gasteiger partial charge in [-0.3, -0.25) is 4.79 Å². The second kappa shape index (κ2) is 6.85.